The molecule has 0 heterocycles. The molecule has 8 heteroatoms. The molecule has 0 bridgehead atoms. The second kappa shape index (κ2) is 10.5. The van der Waals surface area contributed by atoms with Crippen molar-refractivity contribution in [3.63, 3.8) is 0 Å². The van der Waals surface area contributed by atoms with Gasteiger partial charge in [-0.1, -0.05) is 58.9 Å². The van der Waals surface area contributed by atoms with Crippen LogP contribution in [0.1, 0.15) is 76.8 Å². The van der Waals surface area contributed by atoms with Crippen molar-refractivity contribution >= 4 is 11.8 Å². The van der Waals surface area contributed by atoms with Crippen molar-refractivity contribution < 1.29 is 31.8 Å². The summed E-state index contributed by atoms with van der Waals surface area (Å²) in [7, 11) is 0. The minimum absolute atomic E-state index is 0.348. The van der Waals surface area contributed by atoms with Crippen LogP contribution in [-0.4, -0.2) is 10.4 Å². The summed E-state index contributed by atoms with van der Waals surface area (Å²) >= 11 is 1.70. The van der Waals surface area contributed by atoms with Crippen molar-refractivity contribution in [2.24, 2.45) is 0 Å². The minimum atomic E-state index is -2.26. The van der Waals surface area contributed by atoms with Gasteiger partial charge in [0.2, 0.25) is 34.8 Å². The van der Waals surface area contributed by atoms with Crippen LogP contribution in [0.5, 0.6) is 17.2 Å². The summed E-state index contributed by atoms with van der Waals surface area (Å²) in [5.41, 5.74) is 0.780. The summed E-state index contributed by atoms with van der Waals surface area (Å²) in [5.74, 6) is -12.4. The van der Waals surface area contributed by atoms with Gasteiger partial charge in [-0.2, -0.15) is 20.5 Å². The zero-order chi connectivity index (χ0) is 24.3. The average molecular weight is 489 g/mol. The summed E-state index contributed by atoms with van der Waals surface area (Å²) in [6.45, 7) is 5.73. The average Bonchev–Trinajstić information content (AvgIpc) is 2.74. The van der Waals surface area contributed by atoms with E-state index in [1.54, 1.807) is 17.8 Å². The highest BCUT2D eigenvalue weighted by Crippen LogP contribution is 2.43. The standard InChI is InChI=1S/C25H29F5O2S/c1-25(2,3)15-11-14(13-33-16-9-7-5-4-6-8-10-16)23(31)17(12-15)32-24-21(29)19(27)18(26)20(28)22(24)30/h11-12,16,31H,4-10,13H2,1-3H3. The van der Waals surface area contributed by atoms with Crippen LogP contribution in [0.25, 0.3) is 0 Å². The van der Waals surface area contributed by atoms with E-state index in [1.807, 2.05) is 20.8 Å². The van der Waals surface area contributed by atoms with Gasteiger partial charge < -0.3 is 9.84 Å². The fourth-order valence-corrected chi connectivity index (χ4v) is 5.17. The maximum absolute atomic E-state index is 14.2. The Labute approximate surface area is 195 Å². The molecule has 0 spiro atoms. The summed E-state index contributed by atoms with van der Waals surface area (Å²) in [4.78, 5) is 0. The van der Waals surface area contributed by atoms with Crippen LogP contribution in [0, 0.1) is 29.1 Å². The predicted octanol–water partition coefficient (Wildman–Crippen LogP) is 8.52. The molecule has 0 atom stereocenters. The Morgan fingerprint density at radius 2 is 1.36 bits per heavy atom. The molecule has 0 unspecified atom stereocenters. The molecule has 2 nitrogen and oxygen atoms in total. The number of aromatic hydroxyl groups is 1. The molecule has 0 saturated heterocycles. The summed E-state index contributed by atoms with van der Waals surface area (Å²) in [6.07, 6.45) is 8.14. The van der Waals surface area contributed by atoms with Gasteiger partial charge in [-0.3, -0.25) is 0 Å². The first-order valence-corrected chi connectivity index (χ1v) is 12.2. The highest BCUT2D eigenvalue weighted by atomic mass is 32.2. The van der Waals surface area contributed by atoms with E-state index in [2.05, 4.69) is 0 Å². The van der Waals surface area contributed by atoms with Crippen LogP contribution in [0.2, 0.25) is 0 Å². The van der Waals surface area contributed by atoms with E-state index in [0.717, 1.165) is 25.7 Å². The SMILES string of the molecule is CC(C)(C)c1cc(CSC2CCCCCCC2)c(O)c(Oc2c(F)c(F)c(F)c(F)c2F)c1. The molecule has 1 N–H and O–H groups in total. The molecule has 1 saturated carbocycles. The molecule has 182 valence electrons. The first kappa shape index (κ1) is 25.7. The zero-order valence-corrected chi connectivity index (χ0v) is 19.9. The zero-order valence-electron chi connectivity index (χ0n) is 19.0. The second-order valence-corrected chi connectivity index (χ2v) is 10.8. The molecule has 1 fully saturated rings. The Hall–Kier alpha value is -1.96. The first-order valence-electron chi connectivity index (χ1n) is 11.2. The Morgan fingerprint density at radius 1 is 0.848 bits per heavy atom. The van der Waals surface area contributed by atoms with Gasteiger partial charge in [0.15, 0.2) is 11.5 Å². The summed E-state index contributed by atoms with van der Waals surface area (Å²) < 4.78 is 74.2. The van der Waals surface area contributed by atoms with Gasteiger partial charge in [-0.25, -0.2) is 13.2 Å². The minimum Gasteiger partial charge on any atom is -0.504 e. The molecule has 33 heavy (non-hydrogen) atoms. The van der Waals surface area contributed by atoms with Crippen LogP contribution in [0.3, 0.4) is 0 Å². The van der Waals surface area contributed by atoms with Crippen LogP contribution < -0.4 is 4.74 Å². The van der Waals surface area contributed by atoms with Crippen LogP contribution >= 0.6 is 11.8 Å². The van der Waals surface area contributed by atoms with Crippen molar-refractivity contribution in [3.05, 3.63) is 52.3 Å². The highest BCUT2D eigenvalue weighted by Gasteiger charge is 2.29. The lowest BCUT2D eigenvalue weighted by Gasteiger charge is -2.24. The molecule has 2 aromatic carbocycles. The molecular formula is C25H29F5O2S. The molecule has 2 aromatic rings. The van der Waals surface area contributed by atoms with Gasteiger partial charge in [0.05, 0.1) is 0 Å². The maximum Gasteiger partial charge on any atom is 0.207 e. The van der Waals surface area contributed by atoms with Crippen LogP contribution in [0.15, 0.2) is 12.1 Å². The molecule has 1 aliphatic rings. The largest absolute Gasteiger partial charge is 0.504 e. The number of hydrogen-bond donors (Lipinski definition) is 1. The lowest BCUT2D eigenvalue weighted by Crippen LogP contribution is -2.12. The fraction of sp³-hybridized carbons (Fsp3) is 0.520. The van der Waals surface area contributed by atoms with Gasteiger partial charge in [-0.05, 0) is 29.9 Å². The number of benzene rings is 2. The highest BCUT2D eigenvalue weighted by molar-refractivity contribution is 7.99. The Bertz CT molecular complexity index is 967. The smallest absolute Gasteiger partial charge is 0.207 e. The number of phenolic OH excluding ortho intramolecular Hbond substituents is 1. The normalized spacial score (nSPS) is 15.9. The van der Waals surface area contributed by atoms with Gasteiger partial charge in [0.1, 0.15) is 0 Å². The molecule has 1 aliphatic carbocycles. The van der Waals surface area contributed by atoms with E-state index in [-0.39, 0.29) is 11.5 Å². The predicted molar refractivity (Wildman–Crippen MR) is 121 cm³/mol. The Morgan fingerprint density at radius 3 is 1.91 bits per heavy atom. The van der Waals surface area contributed by atoms with Crippen molar-refractivity contribution in [1.29, 1.82) is 0 Å². The van der Waals surface area contributed by atoms with Crippen molar-refractivity contribution in [2.75, 3.05) is 0 Å². The Kier molecular flexibility index (Phi) is 8.19. The number of rotatable bonds is 5. The molecule has 0 radical (unpaired) electrons. The lowest BCUT2D eigenvalue weighted by atomic mass is 9.86. The topological polar surface area (TPSA) is 29.5 Å². The summed E-state index contributed by atoms with van der Waals surface area (Å²) in [5, 5.41) is 11.2. The van der Waals surface area contributed by atoms with Gasteiger partial charge in [0.25, 0.3) is 0 Å². The lowest BCUT2D eigenvalue weighted by molar-refractivity contribution is 0.323. The van der Waals surface area contributed by atoms with E-state index >= 15 is 0 Å². The van der Waals surface area contributed by atoms with Gasteiger partial charge in [0, 0.05) is 16.6 Å². The van der Waals surface area contributed by atoms with Gasteiger partial charge >= 0.3 is 0 Å². The number of thioether (sulfide) groups is 1. The van der Waals surface area contributed by atoms with Crippen LogP contribution in [-0.2, 0) is 11.2 Å². The first-order chi connectivity index (χ1) is 15.5. The fourth-order valence-electron chi connectivity index (χ4n) is 3.86. The number of hydrogen-bond acceptors (Lipinski definition) is 3. The van der Waals surface area contributed by atoms with Crippen molar-refractivity contribution in [3.8, 4) is 17.2 Å². The molecular weight excluding hydrogens is 459 g/mol. The molecule has 0 aliphatic heterocycles. The molecule has 0 amide bonds. The third-order valence-corrected chi connectivity index (χ3v) is 7.35. The summed E-state index contributed by atoms with van der Waals surface area (Å²) in [6, 6.07) is 3.17. The van der Waals surface area contributed by atoms with Crippen molar-refractivity contribution in [2.45, 2.75) is 82.1 Å². The number of phenols is 1. The van der Waals surface area contributed by atoms with E-state index in [9.17, 15) is 27.1 Å². The Balaban J connectivity index is 1.95. The van der Waals surface area contributed by atoms with E-state index in [4.69, 9.17) is 4.74 Å². The number of ether oxygens (including phenoxy) is 1. The van der Waals surface area contributed by atoms with E-state index in [1.165, 1.54) is 25.3 Å². The number of halogens is 5. The second-order valence-electron chi connectivity index (χ2n) is 9.51. The molecule has 0 aromatic heterocycles. The quantitative estimate of drug-likeness (QED) is 0.260. The monoisotopic (exact) mass is 488 g/mol. The van der Waals surface area contributed by atoms with Crippen molar-refractivity contribution in [1.82, 2.24) is 0 Å². The maximum atomic E-state index is 14.2. The van der Waals surface area contributed by atoms with E-state index in [0.29, 0.717) is 22.1 Å². The third-order valence-electron chi connectivity index (χ3n) is 5.93. The van der Waals surface area contributed by atoms with Crippen LogP contribution in [0.4, 0.5) is 22.0 Å². The molecule has 3 rings (SSSR count). The van der Waals surface area contributed by atoms with Gasteiger partial charge in [-0.15, -0.1) is 0 Å². The van der Waals surface area contributed by atoms with E-state index < -0.39 is 40.3 Å². The third kappa shape index (κ3) is 5.94.